The molecule has 2 rings (SSSR count). The first kappa shape index (κ1) is 15.8. The molecule has 0 spiro atoms. The molecule has 20 heavy (non-hydrogen) atoms. The van der Waals surface area contributed by atoms with Crippen LogP contribution >= 0.6 is 23.2 Å². The standard InChI is InChI=1S/C16H21Cl2NO/c1-2-3-10-19(12-7-8-12)11-9-15(20)13-5-4-6-14(17)16(13)18/h4-6,12H,2-3,7-11H2,1H3. The van der Waals surface area contributed by atoms with Crippen LogP contribution in [0.2, 0.25) is 10.0 Å². The van der Waals surface area contributed by atoms with Crippen LogP contribution in [0.4, 0.5) is 0 Å². The largest absolute Gasteiger partial charge is 0.300 e. The van der Waals surface area contributed by atoms with E-state index in [2.05, 4.69) is 11.8 Å². The van der Waals surface area contributed by atoms with Crippen LogP contribution in [0.15, 0.2) is 18.2 Å². The van der Waals surface area contributed by atoms with Gasteiger partial charge < -0.3 is 0 Å². The molecule has 110 valence electrons. The summed E-state index contributed by atoms with van der Waals surface area (Å²) in [6.07, 6.45) is 5.45. The predicted octanol–water partition coefficient (Wildman–Crippen LogP) is 4.83. The second kappa shape index (κ2) is 7.44. The summed E-state index contributed by atoms with van der Waals surface area (Å²) in [4.78, 5) is 14.7. The van der Waals surface area contributed by atoms with E-state index in [4.69, 9.17) is 23.2 Å². The first-order valence-electron chi connectivity index (χ1n) is 7.34. The molecule has 0 N–H and O–H groups in total. The Bertz CT molecular complexity index is 472. The minimum atomic E-state index is 0.0830. The number of benzene rings is 1. The van der Waals surface area contributed by atoms with E-state index in [0.717, 1.165) is 13.1 Å². The topological polar surface area (TPSA) is 20.3 Å². The molecule has 2 nitrogen and oxygen atoms in total. The number of ketones is 1. The Morgan fingerprint density at radius 2 is 2.05 bits per heavy atom. The lowest BCUT2D eigenvalue weighted by molar-refractivity contribution is 0.0962. The van der Waals surface area contributed by atoms with E-state index in [1.165, 1.54) is 25.7 Å². The lowest BCUT2D eigenvalue weighted by Crippen LogP contribution is -2.29. The van der Waals surface area contributed by atoms with Gasteiger partial charge in [-0.3, -0.25) is 9.69 Å². The highest BCUT2D eigenvalue weighted by atomic mass is 35.5. The van der Waals surface area contributed by atoms with Crippen molar-refractivity contribution in [3.05, 3.63) is 33.8 Å². The third kappa shape index (κ3) is 4.21. The number of rotatable bonds is 8. The Kier molecular flexibility index (Phi) is 5.88. The van der Waals surface area contributed by atoms with Crippen LogP contribution in [-0.4, -0.2) is 29.8 Å². The quantitative estimate of drug-likeness (QED) is 0.641. The average molecular weight is 314 g/mol. The highest BCUT2D eigenvalue weighted by Gasteiger charge is 2.28. The lowest BCUT2D eigenvalue weighted by atomic mass is 10.1. The van der Waals surface area contributed by atoms with Crippen LogP contribution < -0.4 is 0 Å². The van der Waals surface area contributed by atoms with Gasteiger partial charge in [-0.15, -0.1) is 0 Å². The smallest absolute Gasteiger partial charge is 0.165 e. The maximum Gasteiger partial charge on any atom is 0.165 e. The van der Waals surface area contributed by atoms with Gasteiger partial charge in [0.1, 0.15) is 0 Å². The van der Waals surface area contributed by atoms with Crippen LogP contribution in [0.5, 0.6) is 0 Å². The SMILES string of the molecule is CCCCN(CCC(=O)c1cccc(Cl)c1Cl)C1CC1. The molecule has 1 aromatic carbocycles. The van der Waals surface area contributed by atoms with Gasteiger partial charge in [0, 0.05) is 24.6 Å². The van der Waals surface area contributed by atoms with Crippen molar-refractivity contribution in [3.8, 4) is 0 Å². The van der Waals surface area contributed by atoms with E-state index in [9.17, 15) is 4.79 Å². The van der Waals surface area contributed by atoms with Gasteiger partial charge in [-0.05, 0) is 37.9 Å². The minimum absolute atomic E-state index is 0.0830. The summed E-state index contributed by atoms with van der Waals surface area (Å²) in [5.41, 5.74) is 0.547. The Balaban J connectivity index is 1.91. The van der Waals surface area contributed by atoms with Crippen molar-refractivity contribution in [1.82, 2.24) is 4.90 Å². The molecule has 1 aromatic rings. The van der Waals surface area contributed by atoms with E-state index in [-0.39, 0.29) is 5.78 Å². The van der Waals surface area contributed by atoms with E-state index in [0.29, 0.717) is 28.1 Å². The van der Waals surface area contributed by atoms with Crippen LogP contribution in [0.25, 0.3) is 0 Å². The zero-order valence-electron chi connectivity index (χ0n) is 11.9. The molecule has 4 heteroatoms. The number of hydrogen-bond donors (Lipinski definition) is 0. The molecule has 0 aromatic heterocycles. The maximum absolute atomic E-state index is 12.3. The third-order valence-corrected chi connectivity index (χ3v) is 4.56. The first-order valence-corrected chi connectivity index (χ1v) is 8.10. The summed E-state index contributed by atoms with van der Waals surface area (Å²) >= 11 is 12.1. The Labute approximate surface area is 131 Å². The lowest BCUT2D eigenvalue weighted by Gasteiger charge is -2.21. The molecule has 0 saturated heterocycles. The zero-order chi connectivity index (χ0) is 14.5. The summed E-state index contributed by atoms with van der Waals surface area (Å²) in [6.45, 7) is 4.12. The van der Waals surface area contributed by atoms with Crippen molar-refractivity contribution in [1.29, 1.82) is 0 Å². The van der Waals surface area contributed by atoms with Crippen molar-refractivity contribution in [3.63, 3.8) is 0 Å². The van der Waals surface area contributed by atoms with E-state index < -0.39 is 0 Å². The highest BCUT2D eigenvalue weighted by Crippen LogP contribution is 2.29. The third-order valence-electron chi connectivity index (χ3n) is 3.74. The van der Waals surface area contributed by atoms with Crippen LogP contribution in [-0.2, 0) is 0 Å². The second-order valence-electron chi connectivity index (χ2n) is 5.40. The van der Waals surface area contributed by atoms with E-state index in [1.807, 2.05) is 0 Å². The molecule has 1 aliphatic rings. The molecule has 0 atom stereocenters. The van der Waals surface area contributed by atoms with Gasteiger partial charge in [-0.25, -0.2) is 0 Å². The van der Waals surface area contributed by atoms with Gasteiger partial charge in [0.25, 0.3) is 0 Å². The van der Waals surface area contributed by atoms with Crippen molar-refractivity contribution in [2.45, 2.75) is 45.1 Å². The van der Waals surface area contributed by atoms with Gasteiger partial charge in [-0.1, -0.05) is 42.6 Å². The van der Waals surface area contributed by atoms with Crippen molar-refractivity contribution < 1.29 is 4.79 Å². The molecular weight excluding hydrogens is 293 g/mol. The molecule has 1 saturated carbocycles. The van der Waals surface area contributed by atoms with Crippen LogP contribution in [0, 0.1) is 0 Å². The van der Waals surface area contributed by atoms with Crippen molar-refractivity contribution >= 4 is 29.0 Å². The normalized spacial score (nSPS) is 14.8. The fraction of sp³-hybridized carbons (Fsp3) is 0.562. The molecule has 0 unspecified atom stereocenters. The Hall–Kier alpha value is -0.570. The number of unbranched alkanes of at least 4 members (excludes halogenated alkanes) is 1. The molecule has 0 heterocycles. The van der Waals surface area contributed by atoms with Crippen LogP contribution in [0.3, 0.4) is 0 Å². The zero-order valence-corrected chi connectivity index (χ0v) is 13.4. The fourth-order valence-electron chi connectivity index (χ4n) is 2.38. The van der Waals surface area contributed by atoms with Crippen molar-refractivity contribution in [2.75, 3.05) is 13.1 Å². The maximum atomic E-state index is 12.3. The number of halogens is 2. The summed E-state index contributed by atoms with van der Waals surface area (Å²) in [7, 11) is 0. The second-order valence-corrected chi connectivity index (χ2v) is 6.18. The first-order chi connectivity index (χ1) is 9.63. The molecule has 0 aliphatic heterocycles. The average Bonchev–Trinajstić information content (AvgIpc) is 3.26. The van der Waals surface area contributed by atoms with E-state index >= 15 is 0 Å². The van der Waals surface area contributed by atoms with E-state index in [1.54, 1.807) is 18.2 Å². The summed E-state index contributed by atoms with van der Waals surface area (Å²) in [5.74, 6) is 0.0830. The number of hydrogen-bond acceptors (Lipinski definition) is 2. The predicted molar refractivity (Wildman–Crippen MR) is 84.9 cm³/mol. The molecule has 1 aliphatic carbocycles. The molecule has 0 amide bonds. The Morgan fingerprint density at radius 3 is 2.70 bits per heavy atom. The monoisotopic (exact) mass is 313 g/mol. The minimum Gasteiger partial charge on any atom is -0.300 e. The fourth-order valence-corrected chi connectivity index (χ4v) is 2.78. The summed E-state index contributed by atoms with van der Waals surface area (Å²) in [6, 6.07) is 5.93. The Morgan fingerprint density at radius 1 is 1.30 bits per heavy atom. The molecule has 0 bridgehead atoms. The summed E-state index contributed by atoms with van der Waals surface area (Å²) < 4.78 is 0. The van der Waals surface area contributed by atoms with Gasteiger partial charge in [-0.2, -0.15) is 0 Å². The highest BCUT2D eigenvalue weighted by molar-refractivity contribution is 6.43. The van der Waals surface area contributed by atoms with Gasteiger partial charge >= 0.3 is 0 Å². The van der Waals surface area contributed by atoms with Crippen LogP contribution in [0.1, 0.15) is 49.4 Å². The molecular formula is C16H21Cl2NO. The molecule has 1 fully saturated rings. The number of carbonyl (C=O) groups is 1. The summed E-state index contributed by atoms with van der Waals surface area (Å²) in [5, 5.41) is 0.827. The number of carbonyl (C=O) groups excluding carboxylic acids is 1. The van der Waals surface area contributed by atoms with Gasteiger partial charge in [0.2, 0.25) is 0 Å². The van der Waals surface area contributed by atoms with Gasteiger partial charge in [0.05, 0.1) is 10.0 Å². The van der Waals surface area contributed by atoms with Crippen molar-refractivity contribution in [2.24, 2.45) is 0 Å². The molecule has 0 radical (unpaired) electrons. The van der Waals surface area contributed by atoms with Gasteiger partial charge in [0.15, 0.2) is 5.78 Å². The number of Topliss-reactive ketones (excluding diaryl/α,β-unsaturated/α-hetero) is 1. The number of nitrogens with zero attached hydrogens (tertiary/aromatic N) is 1.